The minimum atomic E-state index is 0.249. The zero-order chi connectivity index (χ0) is 13.9. The summed E-state index contributed by atoms with van der Waals surface area (Å²) in [5, 5.41) is 0. The Hall–Kier alpha value is -1.71. The van der Waals surface area contributed by atoms with E-state index in [4.69, 9.17) is 4.74 Å². The maximum absolute atomic E-state index is 11.7. The van der Waals surface area contributed by atoms with Crippen molar-refractivity contribution in [2.45, 2.75) is 32.3 Å². The summed E-state index contributed by atoms with van der Waals surface area (Å²) in [4.78, 5) is 16.0. The van der Waals surface area contributed by atoms with Gasteiger partial charge in [-0.25, -0.2) is 0 Å². The lowest BCUT2D eigenvalue weighted by Gasteiger charge is -2.36. The van der Waals surface area contributed by atoms with E-state index in [-0.39, 0.29) is 6.10 Å². The van der Waals surface area contributed by atoms with Gasteiger partial charge in [0.05, 0.1) is 12.2 Å². The van der Waals surface area contributed by atoms with Crippen LogP contribution in [0.25, 0.3) is 0 Å². The molecule has 0 spiro atoms. The molecule has 108 valence electrons. The molecule has 0 N–H and O–H groups in total. The van der Waals surface area contributed by atoms with E-state index in [2.05, 4.69) is 17.9 Å². The first kappa shape index (κ1) is 13.3. The largest absolute Gasteiger partial charge is 0.486 e. The van der Waals surface area contributed by atoms with Crippen LogP contribution in [0.5, 0.6) is 5.75 Å². The van der Waals surface area contributed by atoms with Crippen molar-refractivity contribution in [1.82, 2.24) is 4.90 Å². The Morgan fingerprint density at radius 1 is 1.25 bits per heavy atom. The summed E-state index contributed by atoms with van der Waals surface area (Å²) in [6.45, 7) is 5.70. The average Bonchev–Trinajstić information content (AvgIpc) is 2.89. The highest BCUT2D eigenvalue weighted by molar-refractivity contribution is 5.78. The van der Waals surface area contributed by atoms with E-state index in [9.17, 15) is 4.79 Å². The topological polar surface area (TPSA) is 32.8 Å². The van der Waals surface area contributed by atoms with E-state index >= 15 is 0 Å². The summed E-state index contributed by atoms with van der Waals surface area (Å²) < 4.78 is 5.98. The van der Waals surface area contributed by atoms with Crippen molar-refractivity contribution in [1.29, 1.82) is 0 Å². The second kappa shape index (κ2) is 5.73. The summed E-state index contributed by atoms with van der Waals surface area (Å²) in [5.74, 6) is 1.27. The van der Waals surface area contributed by atoms with E-state index < -0.39 is 0 Å². The van der Waals surface area contributed by atoms with Crippen LogP contribution in [0, 0.1) is 0 Å². The molecule has 3 rings (SSSR count). The number of amides is 1. The second-order valence-corrected chi connectivity index (χ2v) is 5.55. The van der Waals surface area contributed by atoms with Crippen LogP contribution in [0.4, 0.5) is 5.69 Å². The number of benzene rings is 1. The van der Waals surface area contributed by atoms with Gasteiger partial charge in [0.15, 0.2) is 0 Å². The highest BCUT2D eigenvalue weighted by Gasteiger charge is 2.26. The van der Waals surface area contributed by atoms with Gasteiger partial charge in [0.2, 0.25) is 5.91 Å². The Kier molecular flexibility index (Phi) is 3.81. The van der Waals surface area contributed by atoms with Gasteiger partial charge in [0.25, 0.3) is 0 Å². The van der Waals surface area contributed by atoms with E-state index in [1.54, 1.807) is 0 Å². The molecule has 0 radical (unpaired) electrons. The fourth-order valence-corrected chi connectivity index (χ4v) is 2.99. The van der Waals surface area contributed by atoms with Crippen LogP contribution in [0.15, 0.2) is 24.3 Å². The summed E-state index contributed by atoms with van der Waals surface area (Å²) in [6, 6.07) is 8.19. The molecule has 0 bridgehead atoms. The summed E-state index contributed by atoms with van der Waals surface area (Å²) in [5.41, 5.74) is 1.16. The average molecular weight is 274 g/mol. The molecule has 0 aliphatic carbocycles. The number of nitrogens with zero attached hydrogens (tertiary/aromatic N) is 2. The lowest BCUT2D eigenvalue weighted by Crippen LogP contribution is -2.43. The molecule has 2 aliphatic rings. The zero-order valence-electron chi connectivity index (χ0n) is 12.0. The number of fused-ring (bicyclic) bond motifs is 1. The molecule has 1 fully saturated rings. The van der Waals surface area contributed by atoms with Gasteiger partial charge < -0.3 is 14.5 Å². The molecule has 4 heteroatoms. The van der Waals surface area contributed by atoms with Crippen LogP contribution < -0.4 is 9.64 Å². The molecule has 4 nitrogen and oxygen atoms in total. The van der Waals surface area contributed by atoms with E-state index in [0.717, 1.165) is 56.9 Å². The smallest absolute Gasteiger partial charge is 0.222 e. The first-order valence-electron chi connectivity index (χ1n) is 7.56. The fraction of sp³-hybridized carbons (Fsp3) is 0.562. The van der Waals surface area contributed by atoms with Crippen LogP contribution in [0.2, 0.25) is 0 Å². The monoisotopic (exact) mass is 274 g/mol. The molecule has 1 aromatic carbocycles. The Balaban J connectivity index is 1.70. The van der Waals surface area contributed by atoms with Crippen LogP contribution in [-0.4, -0.2) is 43.1 Å². The Morgan fingerprint density at radius 2 is 2.05 bits per heavy atom. The molecule has 1 saturated heterocycles. The normalized spacial score (nSPS) is 21.9. The maximum atomic E-state index is 11.7. The van der Waals surface area contributed by atoms with Crippen LogP contribution in [0.3, 0.4) is 0 Å². The van der Waals surface area contributed by atoms with Gasteiger partial charge >= 0.3 is 0 Å². The highest BCUT2D eigenvalue weighted by atomic mass is 16.5. The number of ether oxygens (including phenoxy) is 1. The zero-order valence-corrected chi connectivity index (χ0v) is 12.0. The van der Waals surface area contributed by atoms with Crippen molar-refractivity contribution in [3.8, 4) is 5.75 Å². The quantitative estimate of drug-likeness (QED) is 0.844. The van der Waals surface area contributed by atoms with E-state index in [1.165, 1.54) is 0 Å². The third-order valence-corrected chi connectivity index (χ3v) is 4.19. The number of hydrogen-bond donors (Lipinski definition) is 0. The number of para-hydroxylation sites is 2. The number of rotatable bonds is 4. The molecule has 2 aliphatic heterocycles. The van der Waals surface area contributed by atoms with Gasteiger partial charge in [-0.1, -0.05) is 19.1 Å². The number of carbonyl (C=O) groups is 1. The van der Waals surface area contributed by atoms with E-state index in [0.29, 0.717) is 5.91 Å². The molecular weight excluding hydrogens is 252 g/mol. The second-order valence-electron chi connectivity index (χ2n) is 5.55. The Morgan fingerprint density at radius 3 is 2.80 bits per heavy atom. The molecule has 1 amide bonds. The van der Waals surface area contributed by atoms with E-state index in [1.807, 2.05) is 23.1 Å². The Bertz CT molecular complexity index is 489. The number of hydrogen-bond acceptors (Lipinski definition) is 3. The van der Waals surface area contributed by atoms with Crippen LogP contribution in [0.1, 0.15) is 26.2 Å². The molecule has 2 heterocycles. The van der Waals surface area contributed by atoms with Gasteiger partial charge in [-0.05, 0) is 25.0 Å². The molecule has 20 heavy (non-hydrogen) atoms. The first-order valence-corrected chi connectivity index (χ1v) is 7.56. The predicted molar refractivity (Wildman–Crippen MR) is 79.2 cm³/mol. The van der Waals surface area contributed by atoms with Crippen LogP contribution in [-0.2, 0) is 4.79 Å². The molecule has 0 saturated carbocycles. The maximum Gasteiger partial charge on any atom is 0.222 e. The van der Waals surface area contributed by atoms with Gasteiger partial charge in [-0.3, -0.25) is 4.79 Å². The molecule has 1 aromatic rings. The third-order valence-electron chi connectivity index (χ3n) is 4.19. The minimum absolute atomic E-state index is 0.249. The van der Waals surface area contributed by atoms with Crippen molar-refractivity contribution in [2.24, 2.45) is 0 Å². The van der Waals surface area contributed by atoms with Crippen LogP contribution >= 0.6 is 0 Å². The lowest BCUT2D eigenvalue weighted by molar-refractivity contribution is -0.127. The van der Waals surface area contributed by atoms with Crippen molar-refractivity contribution < 1.29 is 9.53 Å². The number of carbonyl (C=O) groups excluding carboxylic acids is 1. The molecular formula is C16H22N2O2. The van der Waals surface area contributed by atoms with Gasteiger partial charge in [-0.2, -0.15) is 0 Å². The standard InChI is InChI=1S/C16H22N2O2/c1-2-13-12-18(11-10-17-9-5-8-16(17)19)14-6-3-4-7-15(14)20-13/h3-4,6-7,13H,2,5,8-12H2,1H3. The van der Waals surface area contributed by atoms with Crippen molar-refractivity contribution in [3.63, 3.8) is 0 Å². The minimum Gasteiger partial charge on any atom is -0.486 e. The van der Waals surface area contributed by atoms with Crippen molar-refractivity contribution in [2.75, 3.05) is 31.1 Å². The summed E-state index contributed by atoms with van der Waals surface area (Å²) in [7, 11) is 0. The number of likely N-dealkylation sites (tertiary alicyclic amines) is 1. The van der Waals surface area contributed by atoms with Crippen molar-refractivity contribution >= 4 is 11.6 Å². The third kappa shape index (κ3) is 2.60. The SMILES string of the molecule is CCC1CN(CCN2CCCC2=O)c2ccccc2O1. The predicted octanol–water partition coefficient (Wildman–Crippen LogP) is 2.29. The fourth-order valence-electron chi connectivity index (χ4n) is 2.99. The number of anilines is 1. The lowest BCUT2D eigenvalue weighted by atomic mass is 10.1. The van der Waals surface area contributed by atoms with Crippen molar-refractivity contribution in [3.05, 3.63) is 24.3 Å². The van der Waals surface area contributed by atoms with Gasteiger partial charge in [0, 0.05) is 26.1 Å². The molecule has 1 unspecified atom stereocenters. The Labute approximate surface area is 120 Å². The summed E-state index contributed by atoms with van der Waals surface area (Å²) in [6.07, 6.45) is 2.99. The summed E-state index contributed by atoms with van der Waals surface area (Å²) >= 11 is 0. The molecule has 0 aromatic heterocycles. The van der Waals surface area contributed by atoms with Gasteiger partial charge in [0.1, 0.15) is 11.9 Å². The first-order chi connectivity index (χ1) is 9.78. The highest BCUT2D eigenvalue weighted by Crippen LogP contribution is 2.33. The van der Waals surface area contributed by atoms with Gasteiger partial charge in [-0.15, -0.1) is 0 Å². The molecule has 1 atom stereocenters.